The number of imidazole rings is 1. The van der Waals surface area contributed by atoms with Crippen molar-refractivity contribution < 1.29 is 14.7 Å². The molecular weight excluding hydrogens is 402 g/mol. The van der Waals surface area contributed by atoms with Gasteiger partial charge < -0.3 is 14.6 Å². The molecule has 1 aliphatic heterocycles. The Balaban J connectivity index is 1.43. The van der Waals surface area contributed by atoms with Crippen LogP contribution in [0.3, 0.4) is 0 Å². The summed E-state index contributed by atoms with van der Waals surface area (Å²) in [5.74, 6) is -0.184. The molecule has 1 aliphatic carbocycles. The highest BCUT2D eigenvalue weighted by molar-refractivity contribution is 6.30. The minimum atomic E-state index is -1.05. The average Bonchev–Trinajstić information content (AvgIpc) is 3.31. The zero-order valence-corrected chi connectivity index (χ0v) is 17.1. The maximum atomic E-state index is 13.6. The summed E-state index contributed by atoms with van der Waals surface area (Å²) < 4.78 is 1.79. The van der Waals surface area contributed by atoms with Crippen molar-refractivity contribution >= 4 is 29.2 Å². The second-order valence-corrected chi connectivity index (χ2v) is 8.36. The number of rotatable bonds is 5. The zero-order chi connectivity index (χ0) is 21.0. The van der Waals surface area contributed by atoms with Crippen LogP contribution in [0.25, 0.3) is 0 Å². The van der Waals surface area contributed by atoms with Crippen molar-refractivity contribution in [1.82, 2.24) is 9.55 Å². The number of hydrogen-bond acceptors (Lipinski definition) is 3. The second kappa shape index (κ2) is 6.71. The van der Waals surface area contributed by atoms with Gasteiger partial charge in [-0.2, -0.15) is 0 Å². The van der Waals surface area contributed by atoms with Gasteiger partial charge in [-0.1, -0.05) is 41.9 Å². The molecule has 1 aromatic heterocycles. The standard InChI is InChI=1S/C23H20ClN3O3/c1-14-25-19(21(28)29)13-26(14)10-11-27-20-5-3-2-4-17(20)23(22(27)30)12-18(23)15-6-8-16(24)9-7-15/h2-9,13,18H,10-12H2,1H3,(H,28,29)/t18-,23-/m1/s1. The van der Waals surface area contributed by atoms with Gasteiger partial charge in [0.25, 0.3) is 0 Å². The molecule has 152 valence electrons. The van der Waals surface area contributed by atoms with E-state index < -0.39 is 11.4 Å². The largest absolute Gasteiger partial charge is 0.476 e. The van der Waals surface area contributed by atoms with Crippen LogP contribution in [-0.2, 0) is 16.8 Å². The van der Waals surface area contributed by atoms with Gasteiger partial charge in [0.2, 0.25) is 5.91 Å². The lowest BCUT2D eigenvalue weighted by Gasteiger charge is -2.19. The summed E-state index contributed by atoms with van der Waals surface area (Å²) in [6.45, 7) is 2.71. The topological polar surface area (TPSA) is 75.4 Å². The monoisotopic (exact) mass is 421 g/mol. The normalized spacial score (nSPS) is 21.9. The molecule has 2 atom stereocenters. The molecule has 3 aromatic rings. The fourth-order valence-electron chi connectivity index (χ4n) is 4.71. The zero-order valence-electron chi connectivity index (χ0n) is 16.4. The number of fused-ring (bicyclic) bond motifs is 2. The van der Waals surface area contributed by atoms with Crippen LogP contribution in [0.5, 0.6) is 0 Å². The number of aryl methyl sites for hydroxylation is 1. The second-order valence-electron chi connectivity index (χ2n) is 7.93. The Hall–Kier alpha value is -3.12. The van der Waals surface area contributed by atoms with Gasteiger partial charge in [0.15, 0.2) is 5.69 Å². The fourth-order valence-corrected chi connectivity index (χ4v) is 4.84. The van der Waals surface area contributed by atoms with Crippen molar-refractivity contribution in [2.45, 2.75) is 31.2 Å². The maximum Gasteiger partial charge on any atom is 0.356 e. The molecule has 0 saturated heterocycles. The number of anilines is 1. The number of amides is 1. The molecule has 1 N–H and O–H groups in total. The van der Waals surface area contributed by atoms with Gasteiger partial charge in [-0.15, -0.1) is 0 Å². The Labute approximate surface area is 178 Å². The van der Waals surface area contributed by atoms with Gasteiger partial charge in [-0.25, -0.2) is 9.78 Å². The molecule has 0 bridgehead atoms. The van der Waals surface area contributed by atoms with E-state index >= 15 is 0 Å². The van der Waals surface area contributed by atoms with Crippen molar-refractivity contribution in [2.24, 2.45) is 0 Å². The van der Waals surface area contributed by atoms with E-state index in [2.05, 4.69) is 4.98 Å². The van der Waals surface area contributed by atoms with E-state index in [4.69, 9.17) is 16.7 Å². The first kappa shape index (κ1) is 18.9. The Kier molecular flexibility index (Phi) is 4.22. The minimum absolute atomic E-state index is 0.0158. The molecule has 2 heterocycles. The Morgan fingerprint density at radius 1 is 1.20 bits per heavy atom. The van der Waals surface area contributed by atoms with Gasteiger partial charge >= 0.3 is 5.97 Å². The first-order chi connectivity index (χ1) is 14.4. The third kappa shape index (κ3) is 2.75. The smallest absolute Gasteiger partial charge is 0.356 e. The molecule has 1 amide bonds. The van der Waals surface area contributed by atoms with Crippen molar-refractivity contribution in [3.8, 4) is 0 Å². The van der Waals surface area contributed by atoms with E-state index in [0.29, 0.717) is 23.9 Å². The summed E-state index contributed by atoms with van der Waals surface area (Å²) in [5, 5.41) is 9.84. The van der Waals surface area contributed by atoms with Crippen LogP contribution >= 0.6 is 11.6 Å². The van der Waals surface area contributed by atoms with E-state index in [9.17, 15) is 9.59 Å². The number of carbonyl (C=O) groups excluding carboxylic acids is 1. The Morgan fingerprint density at radius 2 is 1.93 bits per heavy atom. The number of para-hydroxylation sites is 1. The van der Waals surface area contributed by atoms with Gasteiger partial charge in [0.1, 0.15) is 5.82 Å². The summed E-state index contributed by atoms with van der Waals surface area (Å²) in [6.07, 6.45) is 2.31. The van der Waals surface area contributed by atoms with Crippen LogP contribution in [0.1, 0.15) is 39.8 Å². The number of carboxylic acids is 1. The van der Waals surface area contributed by atoms with Gasteiger partial charge in [-0.05, 0) is 42.7 Å². The van der Waals surface area contributed by atoms with Crippen LogP contribution in [0.4, 0.5) is 5.69 Å². The Bertz CT molecular complexity index is 1170. The molecule has 30 heavy (non-hydrogen) atoms. The molecule has 1 saturated carbocycles. The van der Waals surface area contributed by atoms with Crippen LogP contribution in [0.2, 0.25) is 5.02 Å². The predicted octanol–water partition coefficient (Wildman–Crippen LogP) is 4.02. The van der Waals surface area contributed by atoms with E-state index in [0.717, 1.165) is 23.2 Å². The average molecular weight is 422 g/mol. The summed E-state index contributed by atoms with van der Waals surface area (Å²) in [7, 11) is 0. The third-order valence-corrected chi connectivity index (χ3v) is 6.55. The molecule has 0 radical (unpaired) electrons. The van der Waals surface area contributed by atoms with E-state index in [1.54, 1.807) is 11.5 Å². The SMILES string of the molecule is Cc1nc(C(=O)O)cn1CCN1C(=O)[C@]2(C[C@@H]2c2ccc(Cl)cc2)c2ccccc21. The molecule has 2 aromatic carbocycles. The summed E-state index contributed by atoms with van der Waals surface area (Å²) in [4.78, 5) is 30.7. The van der Waals surface area contributed by atoms with Crippen LogP contribution < -0.4 is 4.90 Å². The number of nitrogens with zero attached hydrogens (tertiary/aromatic N) is 3. The number of hydrogen-bond donors (Lipinski definition) is 1. The first-order valence-electron chi connectivity index (χ1n) is 9.86. The molecule has 1 spiro atoms. The van der Waals surface area contributed by atoms with Gasteiger partial charge in [0.05, 0.1) is 5.41 Å². The fraction of sp³-hybridized carbons (Fsp3) is 0.261. The molecular formula is C23H20ClN3O3. The van der Waals surface area contributed by atoms with E-state index in [1.807, 2.05) is 53.4 Å². The van der Waals surface area contributed by atoms with Gasteiger partial charge in [0, 0.05) is 35.9 Å². The summed E-state index contributed by atoms with van der Waals surface area (Å²) in [5.41, 5.74) is 2.64. The van der Waals surface area contributed by atoms with Gasteiger partial charge in [-0.3, -0.25) is 4.79 Å². The quantitative estimate of drug-likeness (QED) is 0.675. The molecule has 2 aliphatic rings. The number of halogens is 1. The summed E-state index contributed by atoms with van der Waals surface area (Å²) in [6, 6.07) is 15.7. The molecule has 0 unspecified atom stereocenters. The number of aromatic nitrogens is 2. The van der Waals surface area contributed by atoms with Crippen molar-refractivity contribution in [1.29, 1.82) is 0 Å². The highest BCUT2D eigenvalue weighted by Gasteiger charge is 2.66. The molecule has 6 nitrogen and oxygen atoms in total. The summed E-state index contributed by atoms with van der Waals surface area (Å²) >= 11 is 6.03. The van der Waals surface area contributed by atoms with Crippen LogP contribution in [-0.4, -0.2) is 33.1 Å². The minimum Gasteiger partial charge on any atom is -0.476 e. The van der Waals surface area contributed by atoms with Crippen LogP contribution in [0, 0.1) is 6.92 Å². The maximum absolute atomic E-state index is 13.6. The first-order valence-corrected chi connectivity index (χ1v) is 10.2. The highest BCUT2D eigenvalue weighted by Crippen LogP contribution is 2.66. The molecule has 5 rings (SSSR count). The van der Waals surface area contributed by atoms with E-state index in [-0.39, 0.29) is 17.5 Å². The Morgan fingerprint density at radius 3 is 2.63 bits per heavy atom. The highest BCUT2D eigenvalue weighted by atomic mass is 35.5. The predicted molar refractivity (Wildman–Crippen MR) is 113 cm³/mol. The number of aromatic carboxylic acids is 1. The lowest BCUT2D eigenvalue weighted by Crippen LogP contribution is -2.35. The number of carboxylic acid groups (broad SMARTS) is 1. The molecule has 7 heteroatoms. The van der Waals surface area contributed by atoms with Crippen molar-refractivity contribution in [3.63, 3.8) is 0 Å². The van der Waals surface area contributed by atoms with Crippen molar-refractivity contribution in [2.75, 3.05) is 11.4 Å². The van der Waals surface area contributed by atoms with E-state index in [1.165, 1.54) is 6.20 Å². The molecule has 1 fully saturated rings. The lowest BCUT2D eigenvalue weighted by atomic mass is 9.92. The number of carbonyl (C=O) groups is 2. The third-order valence-electron chi connectivity index (χ3n) is 6.30. The van der Waals surface area contributed by atoms with Crippen molar-refractivity contribution in [3.05, 3.63) is 82.4 Å². The van der Waals surface area contributed by atoms with Crippen LogP contribution in [0.15, 0.2) is 54.7 Å². The number of benzene rings is 2. The lowest BCUT2D eigenvalue weighted by molar-refractivity contribution is -0.120.